The number of nitrogens with one attached hydrogen (secondary N) is 1. The molecule has 100 valence electrons. The van der Waals surface area contributed by atoms with E-state index in [1.165, 1.54) is 6.07 Å². The molecular weight excluding hydrogens is 269 g/mol. The average molecular weight is 282 g/mol. The van der Waals surface area contributed by atoms with E-state index in [1.54, 1.807) is 16.7 Å². The number of imidazole rings is 1. The molecule has 1 aliphatic rings. The van der Waals surface area contributed by atoms with Crippen LogP contribution in [0.2, 0.25) is 0 Å². The van der Waals surface area contributed by atoms with Crippen molar-refractivity contribution in [2.45, 2.75) is 24.8 Å². The van der Waals surface area contributed by atoms with Crippen LogP contribution in [0.3, 0.4) is 0 Å². The fraction of sp³-hybridized carbons (Fsp3) is 0.385. The molecule has 3 rings (SSSR count). The van der Waals surface area contributed by atoms with Gasteiger partial charge in [-0.3, -0.25) is 4.79 Å². The number of nitrogens with zero attached hydrogens (tertiary/aromatic N) is 2. The van der Waals surface area contributed by atoms with Crippen molar-refractivity contribution in [3.8, 4) is 0 Å². The molecule has 2 heterocycles. The van der Waals surface area contributed by atoms with Crippen LogP contribution in [-0.2, 0) is 10.7 Å². The van der Waals surface area contributed by atoms with Crippen molar-refractivity contribution in [3.63, 3.8) is 0 Å². The second-order valence-electron chi connectivity index (χ2n) is 4.59. The molecule has 1 aromatic heterocycles. The van der Waals surface area contributed by atoms with Crippen LogP contribution in [0.25, 0.3) is 11.0 Å². The number of para-hydroxylation sites is 1. The van der Waals surface area contributed by atoms with Crippen LogP contribution in [0.5, 0.6) is 0 Å². The highest BCUT2D eigenvalue weighted by Crippen LogP contribution is 2.28. The third-order valence-electron chi connectivity index (χ3n) is 3.43. The number of hydrogen-bond donors (Lipinski definition) is 1. The van der Waals surface area contributed by atoms with Gasteiger partial charge in [0.15, 0.2) is 5.82 Å². The molecule has 6 heteroatoms. The molecule has 1 saturated heterocycles. The molecule has 19 heavy (non-hydrogen) atoms. The number of carbonyl (C=O) groups excluding carboxylic acids is 1. The van der Waals surface area contributed by atoms with Crippen molar-refractivity contribution >= 4 is 28.5 Å². The third-order valence-corrected chi connectivity index (χ3v) is 3.67. The highest BCUT2D eigenvalue weighted by Gasteiger charge is 2.28. The molecule has 2 aromatic rings. The first kappa shape index (κ1) is 12.4. The standard InChI is InChI=1S/C13H13ClFN3O/c14-7-11-17-12-8(15)3-1-4-9(12)18(11)10-5-2-6-16-13(10)19/h1,3-4,10H,2,5-7H2,(H,16,19). The van der Waals surface area contributed by atoms with Crippen molar-refractivity contribution < 1.29 is 9.18 Å². The molecule has 0 radical (unpaired) electrons. The predicted octanol–water partition coefficient (Wildman–Crippen LogP) is 2.37. The lowest BCUT2D eigenvalue weighted by Crippen LogP contribution is -2.38. The van der Waals surface area contributed by atoms with Crippen LogP contribution in [-0.4, -0.2) is 22.0 Å². The second kappa shape index (κ2) is 4.81. The molecular formula is C13H13ClFN3O. The zero-order valence-corrected chi connectivity index (χ0v) is 11.0. The van der Waals surface area contributed by atoms with E-state index in [4.69, 9.17) is 11.6 Å². The molecule has 1 aromatic carbocycles. The van der Waals surface area contributed by atoms with Crippen molar-refractivity contribution in [3.05, 3.63) is 29.8 Å². The molecule has 0 bridgehead atoms. The van der Waals surface area contributed by atoms with Crippen LogP contribution in [0.4, 0.5) is 4.39 Å². The van der Waals surface area contributed by atoms with Gasteiger partial charge in [0.05, 0.1) is 11.4 Å². The van der Waals surface area contributed by atoms with E-state index in [0.29, 0.717) is 17.9 Å². The lowest BCUT2D eigenvalue weighted by molar-refractivity contribution is -0.125. The van der Waals surface area contributed by atoms with Gasteiger partial charge >= 0.3 is 0 Å². The van der Waals surface area contributed by atoms with Crippen molar-refractivity contribution in [1.29, 1.82) is 0 Å². The molecule has 1 amide bonds. The van der Waals surface area contributed by atoms with Crippen LogP contribution in [0, 0.1) is 5.82 Å². The Hall–Kier alpha value is -1.62. The first-order chi connectivity index (χ1) is 9.22. The van der Waals surface area contributed by atoms with E-state index in [9.17, 15) is 9.18 Å². The van der Waals surface area contributed by atoms with Crippen molar-refractivity contribution in [2.24, 2.45) is 0 Å². The van der Waals surface area contributed by atoms with Gasteiger partial charge < -0.3 is 9.88 Å². The topological polar surface area (TPSA) is 46.9 Å². The summed E-state index contributed by atoms with van der Waals surface area (Å²) in [6.45, 7) is 0.687. The largest absolute Gasteiger partial charge is 0.354 e. The quantitative estimate of drug-likeness (QED) is 0.859. The summed E-state index contributed by atoms with van der Waals surface area (Å²) >= 11 is 5.89. The molecule has 4 nitrogen and oxygen atoms in total. The van der Waals surface area contributed by atoms with E-state index in [-0.39, 0.29) is 29.2 Å². The van der Waals surface area contributed by atoms with E-state index in [0.717, 1.165) is 12.8 Å². The highest BCUT2D eigenvalue weighted by atomic mass is 35.5. The number of alkyl halides is 1. The highest BCUT2D eigenvalue weighted by molar-refractivity contribution is 6.17. The smallest absolute Gasteiger partial charge is 0.243 e. The number of halogens is 2. The maximum Gasteiger partial charge on any atom is 0.243 e. The van der Waals surface area contributed by atoms with E-state index >= 15 is 0 Å². The van der Waals surface area contributed by atoms with Gasteiger partial charge in [-0.15, -0.1) is 11.6 Å². The number of carbonyl (C=O) groups is 1. The summed E-state index contributed by atoms with van der Waals surface area (Å²) in [5.41, 5.74) is 0.897. The minimum atomic E-state index is -0.390. The Labute approximate surface area is 114 Å². The Morgan fingerprint density at radius 3 is 3.11 bits per heavy atom. The Balaban J connectivity index is 2.20. The number of benzene rings is 1. The van der Waals surface area contributed by atoms with Crippen LogP contribution in [0.15, 0.2) is 18.2 Å². The van der Waals surface area contributed by atoms with Gasteiger partial charge in [0.25, 0.3) is 0 Å². The van der Waals surface area contributed by atoms with Gasteiger partial charge in [0, 0.05) is 6.54 Å². The summed E-state index contributed by atoms with van der Waals surface area (Å²) in [4.78, 5) is 16.2. The number of piperidine rings is 1. The molecule has 0 aliphatic carbocycles. The van der Waals surface area contributed by atoms with Gasteiger partial charge in [-0.1, -0.05) is 6.07 Å². The average Bonchev–Trinajstić information content (AvgIpc) is 2.79. The normalized spacial score (nSPS) is 19.7. The van der Waals surface area contributed by atoms with Crippen LogP contribution >= 0.6 is 11.6 Å². The summed E-state index contributed by atoms with van der Waals surface area (Å²) in [5, 5.41) is 2.83. The van der Waals surface area contributed by atoms with E-state index in [2.05, 4.69) is 10.3 Å². The number of hydrogen-bond acceptors (Lipinski definition) is 2. The molecule has 0 spiro atoms. The minimum absolute atomic E-state index is 0.0545. The van der Waals surface area contributed by atoms with Gasteiger partial charge in [-0.2, -0.15) is 0 Å². The zero-order chi connectivity index (χ0) is 13.4. The third kappa shape index (κ3) is 1.98. The zero-order valence-electron chi connectivity index (χ0n) is 10.2. The number of fused-ring (bicyclic) bond motifs is 1. The van der Waals surface area contributed by atoms with Crippen LogP contribution < -0.4 is 5.32 Å². The molecule has 1 unspecified atom stereocenters. The Kier molecular flexibility index (Phi) is 3.14. The van der Waals surface area contributed by atoms with Crippen molar-refractivity contribution in [2.75, 3.05) is 6.54 Å². The van der Waals surface area contributed by atoms with Gasteiger partial charge in [-0.05, 0) is 25.0 Å². The molecule has 1 fully saturated rings. The minimum Gasteiger partial charge on any atom is -0.354 e. The fourth-order valence-electron chi connectivity index (χ4n) is 2.58. The number of amides is 1. The summed E-state index contributed by atoms with van der Waals surface area (Å²) < 4.78 is 15.5. The lowest BCUT2D eigenvalue weighted by Gasteiger charge is -2.24. The SMILES string of the molecule is O=C1NCCCC1n1c(CCl)nc2c(F)cccc21. The van der Waals surface area contributed by atoms with Gasteiger partial charge in [-0.25, -0.2) is 9.37 Å². The lowest BCUT2D eigenvalue weighted by atomic mass is 10.1. The van der Waals surface area contributed by atoms with E-state index < -0.39 is 0 Å². The summed E-state index contributed by atoms with van der Waals surface area (Å²) in [6.07, 6.45) is 1.62. The number of aromatic nitrogens is 2. The van der Waals surface area contributed by atoms with Gasteiger partial charge in [0.2, 0.25) is 5.91 Å². The van der Waals surface area contributed by atoms with Crippen molar-refractivity contribution in [1.82, 2.24) is 14.9 Å². The first-order valence-electron chi connectivity index (χ1n) is 6.21. The molecule has 1 atom stereocenters. The number of rotatable bonds is 2. The maximum atomic E-state index is 13.8. The summed E-state index contributed by atoms with van der Waals surface area (Å²) in [5.74, 6) is 0.238. The van der Waals surface area contributed by atoms with E-state index in [1.807, 2.05) is 0 Å². The predicted molar refractivity (Wildman–Crippen MR) is 70.5 cm³/mol. The molecule has 1 N–H and O–H groups in total. The second-order valence-corrected chi connectivity index (χ2v) is 4.86. The van der Waals surface area contributed by atoms with Gasteiger partial charge in [0.1, 0.15) is 17.4 Å². The Morgan fingerprint density at radius 1 is 1.53 bits per heavy atom. The summed E-state index contributed by atoms with van der Waals surface area (Å²) in [7, 11) is 0. The summed E-state index contributed by atoms with van der Waals surface area (Å²) in [6, 6.07) is 4.39. The molecule has 1 aliphatic heterocycles. The maximum absolute atomic E-state index is 13.8. The Bertz CT molecular complexity index is 640. The van der Waals surface area contributed by atoms with Crippen LogP contribution in [0.1, 0.15) is 24.7 Å². The first-order valence-corrected chi connectivity index (χ1v) is 6.75. The molecule has 0 saturated carbocycles. The Morgan fingerprint density at radius 2 is 2.37 bits per heavy atom. The fourth-order valence-corrected chi connectivity index (χ4v) is 2.76. The monoisotopic (exact) mass is 281 g/mol.